The van der Waals surface area contributed by atoms with Gasteiger partial charge in [0.2, 0.25) is 5.91 Å². The van der Waals surface area contributed by atoms with E-state index in [-0.39, 0.29) is 23.9 Å². The van der Waals surface area contributed by atoms with Crippen molar-refractivity contribution in [1.29, 1.82) is 0 Å². The number of rotatable bonds is 12. The molecule has 15 heteroatoms. The third-order valence-electron chi connectivity index (χ3n) is 5.32. The van der Waals surface area contributed by atoms with Gasteiger partial charge in [-0.2, -0.15) is 0 Å². The zero-order chi connectivity index (χ0) is 29.5. The molecule has 1 N–H and O–H groups in total. The molecule has 40 heavy (non-hydrogen) atoms. The molecular weight excluding hydrogens is 575 g/mol. The molecule has 0 fully saturated rings. The first-order valence-corrected chi connectivity index (χ1v) is 14.2. The Morgan fingerprint density at radius 1 is 1.25 bits per heavy atom. The molecule has 0 bridgehead atoms. The highest BCUT2D eigenvalue weighted by atomic mass is 35.5. The monoisotopic (exact) mass is 601 g/mol. The van der Waals surface area contributed by atoms with Crippen LogP contribution in [0.4, 0.5) is 24.7 Å². The van der Waals surface area contributed by atoms with Crippen molar-refractivity contribution in [3.8, 4) is 5.75 Å². The van der Waals surface area contributed by atoms with Gasteiger partial charge in [-0.15, -0.1) is 13.2 Å². The molecule has 1 amide bonds. The number of hydrogen-bond donors (Lipinski definition) is 1. The lowest BCUT2D eigenvalue weighted by molar-refractivity contribution is -0.303. The molecule has 216 valence electrons. The Hall–Kier alpha value is -3.78. The fourth-order valence-corrected chi connectivity index (χ4v) is 4.42. The van der Waals surface area contributed by atoms with Crippen LogP contribution in [0.3, 0.4) is 0 Å². The molecular formula is C25H27ClF3N5O5S. The minimum absolute atomic E-state index is 0.203. The number of ether oxygens (including phenoxy) is 2. The number of allylic oxidation sites excluding steroid dienone is 2. The van der Waals surface area contributed by atoms with E-state index in [4.69, 9.17) is 16.3 Å². The third kappa shape index (κ3) is 9.16. The first kappa shape index (κ1) is 30.8. The number of alkyl halides is 3. The predicted octanol–water partition coefficient (Wildman–Crippen LogP) is 4.71. The van der Waals surface area contributed by atoms with Crippen molar-refractivity contribution in [2.45, 2.75) is 19.8 Å². The Morgan fingerprint density at radius 2 is 2.00 bits per heavy atom. The molecule has 1 aromatic carbocycles. The number of nitrogens with zero attached hydrogens (tertiary/aromatic N) is 4. The van der Waals surface area contributed by atoms with E-state index in [1.807, 2.05) is 4.57 Å². The lowest BCUT2D eigenvalue weighted by Crippen LogP contribution is -2.34. The Kier molecular flexibility index (Phi) is 10.0. The fourth-order valence-electron chi connectivity index (χ4n) is 3.51. The summed E-state index contributed by atoms with van der Waals surface area (Å²) in [4.78, 5) is 22.1. The molecule has 0 aliphatic heterocycles. The van der Waals surface area contributed by atoms with Gasteiger partial charge >= 0.3 is 6.36 Å². The lowest BCUT2D eigenvalue weighted by atomic mass is 10.3. The lowest BCUT2D eigenvalue weighted by Gasteiger charge is -2.18. The number of carbonyl (C=O) groups is 1. The summed E-state index contributed by atoms with van der Waals surface area (Å²) in [5.74, 6) is -0.791. The Balaban J connectivity index is 1.71. The van der Waals surface area contributed by atoms with E-state index in [1.54, 1.807) is 37.4 Å². The van der Waals surface area contributed by atoms with Gasteiger partial charge < -0.3 is 24.3 Å². The van der Waals surface area contributed by atoms with Gasteiger partial charge in [-0.3, -0.25) is 4.79 Å². The van der Waals surface area contributed by atoms with Crippen molar-refractivity contribution < 1.29 is 35.9 Å². The summed E-state index contributed by atoms with van der Waals surface area (Å²) >= 11 is 6.34. The van der Waals surface area contributed by atoms with Crippen LogP contribution in [0, 0.1) is 0 Å². The molecule has 3 aromatic rings. The quantitative estimate of drug-likeness (QED) is 0.234. The maximum absolute atomic E-state index is 12.5. The Bertz CT molecular complexity index is 1520. The number of carbonyl (C=O) groups excluding carboxylic acids is 1. The normalized spacial score (nSPS) is 12.6. The van der Waals surface area contributed by atoms with E-state index < -0.39 is 33.6 Å². The highest BCUT2D eigenvalue weighted by molar-refractivity contribution is 7.91. The van der Waals surface area contributed by atoms with Crippen molar-refractivity contribution in [3.05, 3.63) is 65.8 Å². The first-order chi connectivity index (χ1) is 18.8. The van der Waals surface area contributed by atoms with Gasteiger partial charge in [0.05, 0.1) is 10.5 Å². The van der Waals surface area contributed by atoms with E-state index in [9.17, 15) is 26.4 Å². The molecule has 0 atom stereocenters. The number of nitrogens with one attached hydrogen (secondary N) is 1. The smallest absolute Gasteiger partial charge is 0.488 e. The number of sulfone groups is 1. The van der Waals surface area contributed by atoms with Crippen LogP contribution < -0.4 is 10.1 Å². The number of aromatic nitrogens is 3. The van der Waals surface area contributed by atoms with Gasteiger partial charge in [0.25, 0.3) is 0 Å². The van der Waals surface area contributed by atoms with E-state index in [2.05, 4.69) is 20.0 Å². The molecule has 0 aliphatic carbocycles. The molecule has 0 radical (unpaired) electrons. The van der Waals surface area contributed by atoms with E-state index >= 15 is 0 Å². The second kappa shape index (κ2) is 13.0. The second-order valence-corrected chi connectivity index (χ2v) is 11.1. The van der Waals surface area contributed by atoms with Crippen LogP contribution >= 0.6 is 11.6 Å². The standard InChI is InChI=1S/C25H27ClF3N5O5S/c1-4-5-18(39-25(27,28)29)9-13-38-21-7-6-17(14-19(21)26)32-24-23-20(30-16-31-24)8-10-34(23)12-11-33(2)22(35)15-40(3,36)37/h4-10,14,16H,11-13,15H2,1-3H3,(H,30,31,32). The number of hydrogen-bond acceptors (Lipinski definition) is 8. The van der Waals surface area contributed by atoms with Crippen molar-refractivity contribution >= 4 is 49.9 Å². The summed E-state index contributed by atoms with van der Waals surface area (Å²) in [6, 6.07) is 6.56. The van der Waals surface area contributed by atoms with Gasteiger partial charge in [0, 0.05) is 38.3 Å². The van der Waals surface area contributed by atoms with E-state index in [0.29, 0.717) is 29.1 Å². The summed E-state index contributed by atoms with van der Waals surface area (Å²) in [5.41, 5.74) is 1.84. The van der Waals surface area contributed by atoms with Crippen molar-refractivity contribution in [1.82, 2.24) is 19.4 Å². The third-order valence-corrected chi connectivity index (χ3v) is 6.39. The fraction of sp³-hybridized carbons (Fsp3) is 0.320. The number of amides is 1. The molecule has 2 heterocycles. The highest BCUT2D eigenvalue weighted by Crippen LogP contribution is 2.31. The molecule has 2 aromatic heterocycles. The highest BCUT2D eigenvalue weighted by Gasteiger charge is 2.31. The molecule has 0 unspecified atom stereocenters. The van der Waals surface area contributed by atoms with Crippen molar-refractivity contribution in [2.75, 3.05) is 37.5 Å². The van der Waals surface area contributed by atoms with Crippen LogP contribution in [0.25, 0.3) is 11.0 Å². The number of anilines is 2. The molecule has 10 nitrogen and oxygen atoms in total. The van der Waals surface area contributed by atoms with Crippen LogP contribution in [0.1, 0.15) is 6.92 Å². The largest absolute Gasteiger partial charge is 0.573 e. The van der Waals surface area contributed by atoms with Crippen LogP contribution in [0.15, 0.2) is 60.8 Å². The Morgan fingerprint density at radius 3 is 2.65 bits per heavy atom. The maximum Gasteiger partial charge on any atom is 0.573 e. The summed E-state index contributed by atoms with van der Waals surface area (Å²) in [6.07, 6.45) is 3.04. The predicted molar refractivity (Wildman–Crippen MR) is 145 cm³/mol. The summed E-state index contributed by atoms with van der Waals surface area (Å²) in [5, 5.41) is 3.37. The van der Waals surface area contributed by atoms with Gasteiger partial charge in [-0.05, 0) is 43.3 Å². The number of likely N-dealkylation sites (N-methyl/N-ethyl adjacent to an activating group) is 1. The van der Waals surface area contributed by atoms with Crippen molar-refractivity contribution in [3.63, 3.8) is 0 Å². The van der Waals surface area contributed by atoms with Gasteiger partial charge in [-0.1, -0.05) is 17.7 Å². The zero-order valence-electron chi connectivity index (χ0n) is 21.8. The molecule has 0 aliphatic rings. The average Bonchev–Trinajstić information content (AvgIpc) is 3.26. The van der Waals surface area contributed by atoms with Crippen LogP contribution in [-0.4, -0.2) is 72.3 Å². The molecule has 0 saturated heterocycles. The minimum Gasteiger partial charge on any atom is -0.488 e. The summed E-state index contributed by atoms with van der Waals surface area (Å²) < 4.78 is 71.7. The maximum atomic E-state index is 12.5. The Labute approximate surface area is 234 Å². The van der Waals surface area contributed by atoms with Crippen LogP contribution in [-0.2, 0) is 25.9 Å². The topological polar surface area (TPSA) is 116 Å². The van der Waals surface area contributed by atoms with E-state index in [0.717, 1.165) is 18.4 Å². The molecule has 3 rings (SSSR count). The first-order valence-electron chi connectivity index (χ1n) is 11.7. The number of benzene rings is 1. The minimum atomic E-state index is -4.83. The van der Waals surface area contributed by atoms with Crippen LogP contribution in [0.5, 0.6) is 5.75 Å². The SMILES string of the molecule is CC=CC(=CCOc1ccc(Nc2ncnc3ccn(CCN(C)C(=O)CS(C)(=O)=O)c23)cc1Cl)OC(F)(F)F. The van der Waals surface area contributed by atoms with E-state index in [1.165, 1.54) is 24.4 Å². The van der Waals surface area contributed by atoms with Gasteiger partial charge in [-0.25, -0.2) is 18.4 Å². The number of fused-ring (bicyclic) bond motifs is 1. The second-order valence-electron chi connectivity index (χ2n) is 8.59. The molecule has 0 spiro atoms. The van der Waals surface area contributed by atoms with Crippen LogP contribution in [0.2, 0.25) is 5.02 Å². The van der Waals surface area contributed by atoms with Gasteiger partial charge in [0.15, 0.2) is 15.7 Å². The van der Waals surface area contributed by atoms with Crippen molar-refractivity contribution in [2.24, 2.45) is 0 Å². The summed E-state index contributed by atoms with van der Waals surface area (Å²) in [6.45, 7) is 1.94. The number of halogens is 4. The molecule has 0 saturated carbocycles. The summed E-state index contributed by atoms with van der Waals surface area (Å²) in [7, 11) is -1.91. The zero-order valence-corrected chi connectivity index (χ0v) is 23.3. The van der Waals surface area contributed by atoms with Gasteiger partial charge in [0.1, 0.15) is 35.7 Å². The average molecular weight is 602 g/mol.